The molecular formula is C12H17N7O. The second-order valence-corrected chi connectivity index (χ2v) is 4.16. The molecule has 8 nitrogen and oxygen atoms in total. The number of carbonyl (C=O) groups is 1. The van der Waals surface area contributed by atoms with Crippen LogP contribution >= 0.6 is 0 Å². The van der Waals surface area contributed by atoms with Crippen molar-refractivity contribution in [1.82, 2.24) is 25.1 Å². The standard InChI is InChI=1S/C12H17N7O/c1-4-9-15-10(17-13)7(2)11(16-9)19-6-5-8(18-19)12(20)14-3/h5-6H,4,13H2,1-3H3,(H,14,20)(H,15,16,17). The Morgan fingerprint density at radius 1 is 1.45 bits per heavy atom. The number of aromatic nitrogens is 4. The molecule has 0 fully saturated rings. The van der Waals surface area contributed by atoms with Crippen molar-refractivity contribution in [2.45, 2.75) is 20.3 Å². The van der Waals surface area contributed by atoms with E-state index in [0.29, 0.717) is 29.6 Å². The van der Waals surface area contributed by atoms with Gasteiger partial charge in [-0.3, -0.25) is 4.79 Å². The van der Waals surface area contributed by atoms with Crippen LogP contribution in [0.25, 0.3) is 5.82 Å². The summed E-state index contributed by atoms with van der Waals surface area (Å²) in [7, 11) is 1.56. The first-order valence-corrected chi connectivity index (χ1v) is 6.23. The first-order valence-electron chi connectivity index (χ1n) is 6.23. The number of hydrogen-bond acceptors (Lipinski definition) is 6. The minimum Gasteiger partial charge on any atom is -0.354 e. The van der Waals surface area contributed by atoms with Gasteiger partial charge in [0.25, 0.3) is 5.91 Å². The molecule has 0 atom stereocenters. The number of rotatable bonds is 4. The number of nitrogens with zero attached hydrogens (tertiary/aromatic N) is 4. The summed E-state index contributed by atoms with van der Waals surface area (Å²) in [6.07, 6.45) is 2.35. The van der Waals surface area contributed by atoms with Gasteiger partial charge >= 0.3 is 0 Å². The number of hydrogen-bond donors (Lipinski definition) is 3. The van der Waals surface area contributed by atoms with Crippen LogP contribution < -0.4 is 16.6 Å². The molecule has 2 aromatic rings. The second kappa shape index (κ2) is 5.66. The maximum absolute atomic E-state index is 11.5. The molecule has 0 radical (unpaired) electrons. The van der Waals surface area contributed by atoms with Crippen molar-refractivity contribution in [3.8, 4) is 5.82 Å². The number of nitrogens with one attached hydrogen (secondary N) is 2. The number of hydrazine groups is 1. The third kappa shape index (κ3) is 2.45. The monoisotopic (exact) mass is 275 g/mol. The van der Waals surface area contributed by atoms with E-state index < -0.39 is 0 Å². The fourth-order valence-electron chi connectivity index (χ4n) is 1.76. The maximum Gasteiger partial charge on any atom is 0.271 e. The van der Waals surface area contributed by atoms with Gasteiger partial charge in [-0.25, -0.2) is 20.5 Å². The van der Waals surface area contributed by atoms with Crippen LogP contribution in [0.3, 0.4) is 0 Å². The molecule has 0 aliphatic rings. The molecule has 106 valence electrons. The van der Waals surface area contributed by atoms with E-state index in [9.17, 15) is 4.79 Å². The second-order valence-electron chi connectivity index (χ2n) is 4.16. The number of nitrogen functional groups attached to an aromatic ring is 1. The Kier molecular flexibility index (Phi) is 3.94. The van der Waals surface area contributed by atoms with E-state index >= 15 is 0 Å². The summed E-state index contributed by atoms with van der Waals surface area (Å²) < 4.78 is 1.54. The normalized spacial score (nSPS) is 10.4. The quantitative estimate of drug-likeness (QED) is 0.542. The summed E-state index contributed by atoms with van der Waals surface area (Å²) in [4.78, 5) is 20.3. The first-order chi connectivity index (χ1) is 9.60. The van der Waals surface area contributed by atoms with Crippen LogP contribution in [0.5, 0.6) is 0 Å². The van der Waals surface area contributed by atoms with E-state index in [2.05, 4.69) is 25.8 Å². The third-order valence-corrected chi connectivity index (χ3v) is 2.89. The van der Waals surface area contributed by atoms with Gasteiger partial charge in [-0.2, -0.15) is 5.10 Å². The van der Waals surface area contributed by atoms with Crippen LogP contribution in [0.4, 0.5) is 5.82 Å². The van der Waals surface area contributed by atoms with Gasteiger partial charge in [-0.15, -0.1) is 0 Å². The molecule has 0 aromatic carbocycles. The molecule has 0 aliphatic carbocycles. The van der Waals surface area contributed by atoms with Gasteiger partial charge in [0, 0.05) is 25.2 Å². The molecule has 20 heavy (non-hydrogen) atoms. The van der Waals surface area contributed by atoms with Crippen LogP contribution in [-0.4, -0.2) is 32.7 Å². The average molecular weight is 275 g/mol. The van der Waals surface area contributed by atoms with E-state index in [1.54, 1.807) is 24.0 Å². The Morgan fingerprint density at radius 3 is 2.80 bits per heavy atom. The first kappa shape index (κ1) is 13.9. The van der Waals surface area contributed by atoms with E-state index in [1.807, 2.05) is 13.8 Å². The predicted octanol–water partition coefficient (Wildman–Crippen LogP) is 0.178. The maximum atomic E-state index is 11.5. The van der Waals surface area contributed by atoms with Crippen molar-refractivity contribution < 1.29 is 4.79 Å². The van der Waals surface area contributed by atoms with Crippen LogP contribution in [0.15, 0.2) is 12.3 Å². The minimum absolute atomic E-state index is 0.247. The van der Waals surface area contributed by atoms with Crippen molar-refractivity contribution in [3.05, 3.63) is 29.3 Å². The fourth-order valence-corrected chi connectivity index (χ4v) is 1.76. The Hall–Kier alpha value is -2.48. The summed E-state index contributed by atoms with van der Waals surface area (Å²) in [5.41, 5.74) is 3.63. The van der Waals surface area contributed by atoms with Crippen molar-refractivity contribution >= 4 is 11.7 Å². The SMILES string of the molecule is CCc1nc(NN)c(C)c(-n2ccc(C(=O)NC)n2)n1. The van der Waals surface area contributed by atoms with Gasteiger partial charge in [-0.1, -0.05) is 6.92 Å². The molecule has 0 saturated carbocycles. The number of aryl methyl sites for hydroxylation is 1. The van der Waals surface area contributed by atoms with Crippen LogP contribution in [0, 0.1) is 6.92 Å². The molecule has 2 rings (SSSR count). The molecule has 4 N–H and O–H groups in total. The molecule has 2 aromatic heterocycles. The van der Waals surface area contributed by atoms with Crippen molar-refractivity contribution in [3.63, 3.8) is 0 Å². The van der Waals surface area contributed by atoms with Gasteiger partial charge in [0.05, 0.1) is 0 Å². The molecule has 0 bridgehead atoms. The zero-order chi connectivity index (χ0) is 14.7. The highest BCUT2D eigenvalue weighted by Crippen LogP contribution is 2.18. The van der Waals surface area contributed by atoms with Gasteiger partial charge in [0.15, 0.2) is 11.5 Å². The lowest BCUT2D eigenvalue weighted by atomic mass is 10.3. The number of anilines is 1. The van der Waals surface area contributed by atoms with E-state index in [1.165, 1.54) is 0 Å². The third-order valence-electron chi connectivity index (χ3n) is 2.89. The molecule has 2 heterocycles. The highest BCUT2D eigenvalue weighted by molar-refractivity contribution is 5.91. The Bertz CT molecular complexity index is 635. The van der Waals surface area contributed by atoms with E-state index in [-0.39, 0.29) is 5.91 Å². The zero-order valence-corrected chi connectivity index (χ0v) is 11.6. The lowest BCUT2D eigenvalue weighted by Gasteiger charge is -2.11. The van der Waals surface area contributed by atoms with E-state index in [0.717, 1.165) is 5.56 Å². The van der Waals surface area contributed by atoms with Gasteiger partial charge < -0.3 is 10.7 Å². The van der Waals surface area contributed by atoms with Crippen molar-refractivity contribution in [1.29, 1.82) is 0 Å². The summed E-state index contributed by atoms with van der Waals surface area (Å²) in [6, 6.07) is 1.63. The zero-order valence-electron chi connectivity index (χ0n) is 11.6. The van der Waals surface area contributed by atoms with E-state index in [4.69, 9.17) is 5.84 Å². The molecule has 0 unspecified atom stereocenters. The lowest BCUT2D eigenvalue weighted by molar-refractivity contribution is 0.0957. The highest BCUT2D eigenvalue weighted by Gasteiger charge is 2.14. The molecule has 0 saturated heterocycles. The van der Waals surface area contributed by atoms with Crippen LogP contribution in [0.2, 0.25) is 0 Å². The van der Waals surface area contributed by atoms with Crippen LogP contribution in [0.1, 0.15) is 28.8 Å². The topological polar surface area (TPSA) is 111 Å². The van der Waals surface area contributed by atoms with Crippen LogP contribution in [-0.2, 0) is 6.42 Å². The fraction of sp³-hybridized carbons (Fsp3) is 0.333. The van der Waals surface area contributed by atoms with Crippen molar-refractivity contribution in [2.24, 2.45) is 5.84 Å². The Morgan fingerprint density at radius 2 is 2.20 bits per heavy atom. The molecule has 0 aliphatic heterocycles. The van der Waals surface area contributed by atoms with Gasteiger partial charge in [0.2, 0.25) is 0 Å². The Balaban J connectivity index is 2.51. The highest BCUT2D eigenvalue weighted by atomic mass is 16.1. The number of carbonyl (C=O) groups excluding carboxylic acids is 1. The lowest BCUT2D eigenvalue weighted by Crippen LogP contribution is -2.19. The van der Waals surface area contributed by atoms with Gasteiger partial charge in [0.1, 0.15) is 11.6 Å². The largest absolute Gasteiger partial charge is 0.354 e. The Labute approximate surface area is 116 Å². The average Bonchev–Trinajstić information content (AvgIpc) is 2.96. The molecular weight excluding hydrogens is 258 g/mol. The number of nitrogens with two attached hydrogens (primary N) is 1. The summed E-state index contributed by atoms with van der Waals surface area (Å²) in [5, 5.41) is 6.73. The van der Waals surface area contributed by atoms with Gasteiger partial charge in [-0.05, 0) is 13.0 Å². The minimum atomic E-state index is -0.247. The predicted molar refractivity (Wildman–Crippen MR) is 74.5 cm³/mol. The summed E-state index contributed by atoms with van der Waals surface area (Å²) >= 11 is 0. The molecule has 8 heteroatoms. The molecule has 0 spiro atoms. The smallest absolute Gasteiger partial charge is 0.271 e. The molecule has 1 amide bonds. The van der Waals surface area contributed by atoms with Crippen molar-refractivity contribution in [2.75, 3.05) is 12.5 Å². The summed E-state index contributed by atoms with van der Waals surface area (Å²) in [6.45, 7) is 3.79. The number of amides is 1. The summed E-state index contributed by atoms with van der Waals surface area (Å²) in [5.74, 6) is 7.01.